The van der Waals surface area contributed by atoms with Gasteiger partial charge in [0.15, 0.2) is 5.11 Å². The first-order chi connectivity index (χ1) is 14.1. The number of anilines is 2. The van der Waals surface area contributed by atoms with Gasteiger partial charge in [-0.15, -0.1) is 0 Å². The number of benzene rings is 2. The molecule has 7 heteroatoms. The van der Waals surface area contributed by atoms with Crippen LogP contribution in [-0.2, 0) is 22.4 Å². The molecule has 0 aliphatic heterocycles. The first-order valence-corrected chi connectivity index (χ1v) is 10.8. The van der Waals surface area contributed by atoms with Crippen molar-refractivity contribution in [3.63, 3.8) is 0 Å². The molecular weight excluding hydrogens is 475 g/mol. The second kappa shape index (κ2) is 18.2. The van der Waals surface area contributed by atoms with Gasteiger partial charge in [0.05, 0.1) is 13.2 Å². The minimum Gasteiger partial charge on any atom is -0.494 e. The number of nitrogens with one attached hydrogen (secondary N) is 2. The number of nitrogens with two attached hydrogens (primary N) is 1. The van der Waals surface area contributed by atoms with E-state index in [9.17, 15) is 0 Å². The number of thiocarbonyl (C=S) groups is 1. The van der Waals surface area contributed by atoms with Crippen LogP contribution in [0.3, 0.4) is 0 Å². The van der Waals surface area contributed by atoms with Crippen molar-refractivity contribution in [2.24, 2.45) is 5.73 Å². The van der Waals surface area contributed by atoms with E-state index in [1.807, 2.05) is 62.4 Å². The third-order valence-corrected chi connectivity index (χ3v) is 4.11. The summed E-state index contributed by atoms with van der Waals surface area (Å²) in [5.41, 5.74) is 7.09. The summed E-state index contributed by atoms with van der Waals surface area (Å²) in [4.78, 5) is 0. The zero-order chi connectivity index (χ0) is 21.3. The summed E-state index contributed by atoms with van der Waals surface area (Å²) in [6.45, 7) is 8.30. The largest absolute Gasteiger partial charge is 0.494 e. The Balaban J connectivity index is 0.000000909. The van der Waals surface area contributed by atoms with Crippen molar-refractivity contribution in [3.8, 4) is 11.5 Å². The predicted octanol–water partition coefficient (Wildman–Crippen LogP) is 5.82. The monoisotopic (exact) mass is 510 g/mol. The number of hydrogen-bond acceptors (Lipinski definition) is 4. The van der Waals surface area contributed by atoms with E-state index in [-0.39, 0.29) is 22.4 Å². The second-order valence-electron chi connectivity index (χ2n) is 6.34. The third-order valence-electron chi connectivity index (χ3n) is 3.90. The predicted molar refractivity (Wildman–Crippen MR) is 128 cm³/mol. The number of hydrogen-bond donors (Lipinski definition) is 3. The first-order valence-electron chi connectivity index (χ1n) is 10.4. The van der Waals surface area contributed by atoms with Gasteiger partial charge in [0.1, 0.15) is 11.5 Å². The normalized spacial score (nSPS) is 9.47. The van der Waals surface area contributed by atoms with Crippen LogP contribution in [0, 0.1) is 0 Å². The van der Waals surface area contributed by atoms with Crippen LogP contribution in [0.5, 0.6) is 11.5 Å². The van der Waals surface area contributed by atoms with E-state index in [0.29, 0.717) is 18.3 Å². The molecule has 2 aromatic rings. The first kappa shape index (κ1) is 28.4. The maximum atomic E-state index is 5.40. The number of ether oxygens (including phenoxy) is 2. The average Bonchev–Trinajstić information content (AvgIpc) is 2.72. The molecule has 0 saturated heterocycles. The topological polar surface area (TPSA) is 68.5 Å². The Kier molecular flexibility index (Phi) is 17.3. The summed E-state index contributed by atoms with van der Waals surface area (Å²) in [7, 11) is 0. The van der Waals surface area contributed by atoms with Gasteiger partial charge >= 0.3 is 0 Å². The van der Waals surface area contributed by atoms with Crippen LogP contribution in [0.2, 0.25) is 0 Å². The Bertz CT molecular complexity index is 624. The molecule has 0 atom stereocenters. The van der Waals surface area contributed by atoms with Crippen molar-refractivity contribution in [3.05, 3.63) is 48.5 Å². The zero-order valence-electron chi connectivity index (χ0n) is 18.3. The van der Waals surface area contributed by atoms with Crippen LogP contribution in [0.15, 0.2) is 48.5 Å². The molecule has 4 N–H and O–H groups in total. The smallest absolute Gasteiger partial charge is 0.175 e. The molecule has 0 aliphatic rings. The van der Waals surface area contributed by atoms with Gasteiger partial charge in [-0.2, -0.15) is 0 Å². The molecule has 5 nitrogen and oxygen atoms in total. The zero-order valence-corrected chi connectivity index (χ0v) is 21.3. The fourth-order valence-electron chi connectivity index (χ4n) is 2.47. The summed E-state index contributed by atoms with van der Waals surface area (Å²) >= 11 is 5.30. The van der Waals surface area contributed by atoms with Gasteiger partial charge in [0.25, 0.3) is 0 Å². The van der Waals surface area contributed by atoms with Gasteiger partial charge in [-0.25, -0.2) is 0 Å². The van der Waals surface area contributed by atoms with Crippen LogP contribution in [0.25, 0.3) is 0 Å². The summed E-state index contributed by atoms with van der Waals surface area (Å²) in [6, 6.07) is 15.3. The van der Waals surface area contributed by atoms with E-state index < -0.39 is 0 Å². The summed E-state index contributed by atoms with van der Waals surface area (Å²) in [6.07, 6.45) is 5.16. The molecule has 0 spiro atoms. The van der Waals surface area contributed by atoms with Crippen molar-refractivity contribution in [2.75, 3.05) is 30.4 Å². The van der Waals surface area contributed by atoms with Gasteiger partial charge in [-0.05, 0) is 87.6 Å². The summed E-state index contributed by atoms with van der Waals surface area (Å²) < 4.78 is 10.8. The van der Waals surface area contributed by atoms with Gasteiger partial charge in [0.2, 0.25) is 0 Å². The minimum absolute atomic E-state index is 0. The maximum absolute atomic E-state index is 5.40. The standard InChI is InChI=1S/C17H20N2O2S.C6H15N.Nb/c1-3-20-15-9-5-13(6-10-15)18-17(22)19-14-7-11-16(12-8-14)21-4-2;1-2-3-4-5-6-7;/h5-12H,3-4H2,1-2H3,(H2,18,19,22);2-7H2,1H3;. The molecule has 165 valence electrons. The van der Waals surface area contributed by atoms with Crippen molar-refractivity contribution in [1.82, 2.24) is 0 Å². The Labute approximate surface area is 202 Å². The van der Waals surface area contributed by atoms with Gasteiger partial charge < -0.3 is 25.8 Å². The molecule has 0 heterocycles. The molecule has 0 aromatic heterocycles. The van der Waals surface area contributed by atoms with Crippen LogP contribution < -0.4 is 25.8 Å². The van der Waals surface area contributed by atoms with Crippen LogP contribution in [0.4, 0.5) is 11.4 Å². The van der Waals surface area contributed by atoms with E-state index >= 15 is 0 Å². The summed E-state index contributed by atoms with van der Waals surface area (Å²) in [5.74, 6) is 1.69. The van der Waals surface area contributed by atoms with Crippen LogP contribution in [0.1, 0.15) is 46.5 Å². The Morgan fingerprint density at radius 2 is 1.20 bits per heavy atom. The molecule has 0 bridgehead atoms. The van der Waals surface area contributed by atoms with Gasteiger partial charge in [-0.1, -0.05) is 26.2 Å². The molecule has 0 amide bonds. The maximum Gasteiger partial charge on any atom is 0.175 e. The van der Waals surface area contributed by atoms with Crippen LogP contribution >= 0.6 is 12.2 Å². The molecule has 30 heavy (non-hydrogen) atoms. The molecule has 2 rings (SSSR count). The second-order valence-corrected chi connectivity index (χ2v) is 6.75. The van der Waals surface area contributed by atoms with Gasteiger partial charge in [-0.3, -0.25) is 0 Å². The Morgan fingerprint density at radius 3 is 1.53 bits per heavy atom. The molecule has 1 radical (unpaired) electrons. The SMILES string of the molecule is CCCCCCN.CCOc1ccc(NC(=S)Nc2ccc(OCC)cc2)cc1.[Nb]. The van der Waals surface area contributed by atoms with Crippen molar-refractivity contribution < 1.29 is 31.9 Å². The van der Waals surface area contributed by atoms with Crippen molar-refractivity contribution in [2.45, 2.75) is 46.5 Å². The third kappa shape index (κ3) is 12.9. The number of unbranched alkanes of at least 4 members (excludes halogenated alkanes) is 3. The van der Waals surface area contributed by atoms with E-state index in [4.69, 9.17) is 27.4 Å². The van der Waals surface area contributed by atoms with E-state index in [2.05, 4.69) is 17.6 Å². The van der Waals surface area contributed by atoms with Crippen LogP contribution in [-0.4, -0.2) is 24.9 Å². The van der Waals surface area contributed by atoms with Gasteiger partial charge in [0, 0.05) is 33.8 Å². The minimum atomic E-state index is 0. The number of rotatable bonds is 10. The fraction of sp³-hybridized carbons (Fsp3) is 0.435. The molecule has 2 aromatic carbocycles. The molecule has 0 fully saturated rings. The quantitative estimate of drug-likeness (QED) is 0.213. The van der Waals surface area contributed by atoms with E-state index in [1.54, 1.807) is 0 Å². The van der Waals surface area contributed by atoms with Crippen molar-refractivity contribution in [1.29, 1.82) is 0 Å². The molecule has 0 saturated carbocycles. The average molecular weight is 511 g/mol. The molecular formula is C23H35N3NbO2S. The molecule has 0 unspecified atom stereocenters. The molecule has 0 aliphatic carbocycles. The van der Waals surface area contributed by atoms with E-state index in [1.165, 1.54) is 25.7 Å². The van der Waals surface area contributed by atoms with Crippen molar-refractivity contribution >= 4 is 28.7 Å². The Hall–Kier alpha value is -1.57. The fourth-order valence-corrected chi connectivity index (χ4v) is 2.70. The Morgan fingerprint density at radius 1 is 0.767 bits per heavy atom. The van der Waals surface area contributed by atoms with E-state index in [0.717, 1.165) is 29.4 Å². The summed E-state index contributed by atoms with van der Waals surface area (Å²) in [5, 5.41) is 6.80.